The normalized spacial score (nSPS) is 21.4. The van der Waals surface area contributed by atoms with Gasteiger partial charge in [0.25, 0.3) is 11.5 Å². The Labute approximate surface area is 134 Å². The van der Waals surface area contributed by atoms with Gasteiger partial charge in [-0.15, -0.1) is 0 Å². The first-order valence-electron chi connectivity index (χ1n) is 7.72. The second-order valence-electron chi connectivity index (χ2n) is 5.90. The Bertz CT molecular complexity index is 739. The zero-order valence-electron chi connectivity index (χ0n) is 13.3. The van der Waals surface area contributed by atoms with E-state index in [1.807, 2.05) is 13.8 Å². The summed E-state index contributed by atoms with van der Waals surface area (Å²) in [5.74, 6) is 0.736. The number of furan rings is 1. The number of carbonyl (C=O) groups excluding carboxylic acids is 1. The minimum atomic E-state index is -0.140. The molecule has 0 unspecified atom stereocenters. The molecule has 6 heteroatoms. The molecule has 1 fully saturated rings. The van der Waals surface area contributed by atoms with E-state index in [1.54, 1.807) is 35.4 Å². The highest BCUT2D eigenvalue weighted by Crippen LogP contribution is 2.16. The van der Waals surface area contributed by atoms with E-state index in [4.69, 9.17) is 9.15 Å². The summed E-state index contributed by atoms with van der Waals surface area (Å²) in [5.41, 5.74) is -0.104. The van der Waals surface area contributed by atoms with Crippen LogP contribution in [-0.4, -0.2) is 40.7 Å². The third-order valence-electron chi connectivity index (χ3n) is 3.80. The van der Waals surface area contributed by atoms with Crippen molar-refractivity contribution in [3.63, 3.8) is 0 Å². The monoisotopic (exact) mass is 316 g/mol. The predicted molar refractivity (Wildman–Crippen MR) is 84.4 cm³/mol. The average molecular weight is 316 g/mol. The van der Waals surface area contributed by atoms with Gasteiger partial charge >= 0.3 is 0 Å². The van der Waals surface area contributed by atoms with Crippen LogP contribution in [0.1, 0.15) is 30.2 Å². The summed E-state index contributed by atoms with van der Waals surface area (Å²) < 4.78 is 12.8. The smallest absolute Gasteiger partial charge is 0.289 e. The number of rotatable bonds is 3. The first-order chi connectivity index (χ1) is 11.0. The molecular formula is C17H20N2O4. The van der Waals surface area contributed by atoms with Crippen LogP contribution < -0.4 is 5.56 Å². The van der Waals surface area contributed by atoms with Gasteiger partial charge in [-0.3, -0.25) is 9.59 Å². The van der Waals surface area contributed by atoms with Crippen LogP contribution in [0.2, 0.25) is 0 Å². The predicted octanol–water partition coefficient (Wildman–Crippen LogP) is 1.74. The van der Waals surface area contributed by atoms with Gasteiger partial charge in [0.05, 0.1) is 18.8 Å². The van der Waals surface area contributed by atoms with Gasteiger partial charge in [-0.05, 0) is 32.0 Å². The Kier molecular flexibility index (Phi) is 4.34. The number of carbonyl (C=O) groups is 1. The van der Waals surface area contributed by atoms with Crippen molar-refractivity contribution < 1.29 is 13.9 Å². The Morgan fingerprint density at radius 3 is 2.61 bits per heavy atom. The van der Waals surface area contributed by atoms with E-state index in [-0.39, 0.29) is 23.7 Å². The first-order valence-corrected chi connectivity index (χ1v) is 7.72. The van der Waals surface area contributed by atoms with E-state index in [2.05, 4.69) is 0 Å². The van der Waals surface area contributed by atoms with E-state index in [0.717, 1.165) is 0 Å². The summed E-state index contributed by atoms with van der Waals surface area (Å²) in [6, 6.07) is 8.37. The average Bonchev–Trinajstić information content (AvgIpc) is 2.96. The molecule has 0 aliphatic carbocycles. The molecule has 0 bridgehead atoms. The number of morpholine rings is 1. The van der Waals surface area contributed by atoms with Gasteiger partial charge in [0.2, 0.25) is 0 Å². The number of aromatic nitrogens is 1. The third-order valence-corrected chi connectivity index (χ3v) is 3.80. The summed E-state index contributed by atoms with van der Waals surface area (Å²) in [6.07, 6.45) is 1.72. The maximum absolute atomic E-state index is 12.5. The van der Waals surface area contributed by atoms with E-state index in [0.29, 0.717) is 31.2 Å². The van der Waals surface area contributed by atoms with Gasteiger partial charge in [-0.25, -0.2) is 0 Å². The number of nitrogens with zero attached hydrogens (tertiary/aromatic N) is 2. The van der Waals surface area contributed by atoms with Crippen LogP contribution in [0, 0.1) is 0 Å². The van der Waals surface area contributed by atoms with Crippen molar-refractivity contribution in [2.45, 2.75) is 32.6 Å². The van der Waals surface area contributed by atoms with Gasteiger partial charge in [-0.2, -0.15) is 0 Å². The van der Waals surface area contributed by atoms with Crippen molar-refractivity contribution >= 4 is 5.91 Å². The number of amides is 1. The van der Waals surface area contributed by atoms with Gasteiger partial charge < -0.3 is 18.6 Å². The lowest BCUT2D eigenvalue weighted by atomic mass is 10.2. The van der Waals surface area contributed by atoms with Crippen LogP contribution >= 0.6 is 0 Å². The standard InChI is InChI=1S/C17H20N2O4/c1-12-9-19(10-13(2)22-12)17(21)15-7-6-14(23-15)11-18-8-4-3-5-16(18)20/h3-8,12-13H,9-11H2,1-2H3/t12-,13-/m0/s1. The second kappa shape index (κ2) is 6.42. The molecule has 3 heterocycles. The van der Waals surface area contributed by atoms with Gasteiger partial charge in [-0.1, -0.05) is 6.07 Å². The molecule has 2 aromatic heterocycles. The van der Waals surface area contributed by atoms with Gasteiger partial charge in [0, 0.05) is 25.4 Å². The van der Waals surface area contributed by atoms with E-state index in [1.165, 1.54) is 10.6 Å². The van der Waals surface area contributed by atoms with Crippen molar-refractivity contribution in [3.05, 3.63) is 58.4 Å². The number of pyridine rings is 1. The molecule has 6 nitrogen and oxygen atoms in total. The van der Waals surface area contributed by atoms with E-state index < -0.39 is 0 Å². The molecule has 2 aromatic rings. The fourth-order valence-electron chi connectivity index (χ4n) is 2.84. The molecule has 0 saturated carbocycles. The summed E-state index contributed by atoms with van der Waals surface area (Å²) in [7, 11) is 0. The fraction of sp³-hybridized carbons (Fsp3) is 0.412. The molecule has 23 heavy (non-hydrogen) atoms. The van der Waals surface area contributed by atoms with Gasteiger partial charge in [0.15, 0.2) is 5.76 Å². The quantitative estimate of drug-likeness (QED) is 0.865. The second-order valence-corrected chi connectivity index (χ2v) is 5.90. The molecule has 2 atom stereocenters. The zero-order valence-corrected chi connectivity index (χ0v) is 13.3. The first kappa shape index (κ1) is 15.6. The lowest BCUT2D eigenvalue weighted by Crippen LogP contribution is -2.48. The molecule has 1 aliphatic rings. The SMILES string of the molecule is C[C@H]1CN(C(=O)c2ccc(Cn3ccccc3=O)o2)C[C@H](C)O1. The van der Waals surface area contributed by atoms with Crippen molar-refractivity contribution in [1.82, 2.24) is 9.47 Å². The Hall–Kier alpha value is -2.34. The number of hydrogen-bond acceptors (Lipinski definition) is 4. The van der Waals surface area contributed by atoms with Crippen LogP contribution in [0.25, 0.3) is 0 Å². The molecule has 0 spiro atoms. The Morgan fingerprint density at radius 2 is 1.91 bits per heavy atom. The summed E-state index contributed by atoms with van der Waals surface area (Å²) in [6.45, 7) is 5.31. The van der Waals surface area contributed by atoms with Crippen molar-refractivity contribution in [2.75, 3.05) is 13.1 Å². The van der Waals surface area contributed by atoms with Gasteiger partial charge in [0.1, 0.15) is 5.76 Å². The largest absolute Gasteiger partial charge is 0.454 e. The van der Waals surface area contributed by atoms with Crippen molar-refractivity contribution in [1.29, 1.82) is 0 Å². The minimum Gasteiger partial charge on any atom is -0.454 e. The van der Waals surface area contributed by atoms with Crippen LogP contribution in [0.5, 0.6) is 0 Å². The maximum atomic E-state index is 12.5. The maximum Gasteiger partial charge on any atom is 0.289 e. The highest BCUT2D eigenvalue weighted by molar-refractivity contribution is 5.91. The van der Waals surface area contributed by atoms with Crippen molar-refractivity contribution in [2.24, 2.45) is 0 Å². The molecule has 122 valence electrons. The molecule has 0 aromatic carbocycles. The van der Waals surface area contributed by atoms with Crippen LogP contribution in [0.15, 0.2) is 45.7 Å². The highest BCUT2D eigenvalue weighted by Gasteiger charge is 2.28. The molecule has 1 aliphatic heterocycles. The lowest BCUT2D eigenvalue weighted by molar-refractivity contribution is -0.0592. The van der Waals surface area contributed by atoms with Crippen LogP contribution in [-0.2, 0) is 11.3 Å². The summed E-state index contributed by atoms with van der Waals surface area (Å²) >= 11 is 0. The minimum absolute atomic E-state index is 0.0139. The van der Waals surface area contributed by atoms with E-state index in [9.17, 15) is 9.59 Å². The number of ether oxygens (including phenoxy) is 1. The summed E-state index contributed by atoms with van der Waals surface area (Å²) in [4.78, 5) is 26.0. The fourth-order valence-corrected chi connectivity index (χ4v) is 2.84. The molecule has 0 radical (unpaired) electrons. The molecule has 1 saturated heterocycles. The van der Waals surface area contributed by atoms with E-state index >= 15 is 0 Å². The number of hydrogen-bond donors (Lipinski definition) is 0. The Morgan fingerprint density at radius 1 is 1.17 bits per heavy atom. The third kappa shape index (κ3) is 3.53. The summed E-state index contributed by atoms with van der Waals surface area (Å²) in [5, 5.41) is 0. The lowest BCUT2D eigenvalue weighted by Gasteiger charge is -2.34. The van der Waals surface area contributed by atoms with Crippen LogP contribution in [0.4, 0.5) is 0 Å². The molecule has 0 N–H and O–H groups in total. The highest BCUT2D eigenvalue weighted by atomic mass is 16.5. The molecular weight excluding hydrogens is 296 g/mol. The van der Waals surface area contributed by atoms with Crippen molar-refractivity contribution in [3.8, 4) is 0 Å². The Balaban J connectivity index is 1.73. The van der Waals surface area contributed by atoms with Crippen LogP contribution in [0.3, 0.4) is 0 Å². The molecule has 1 amide bonds. The molecule has 3 rings (SSSR count). The topological polar surface area (TPSA) is 64.7 Å². The zero-order chi connectivity index (χ0) is 16.4.